The summed E-state index contributed by atoms with van der Waals surface area (Å²) >= 11 is 0. The number of hydrogen-bond acceptors (Lipinski definition) is 3. The molecular formula is C19H19N3. The highest BCUT2D eigenvalue weighted by atomic mass is 14.6. The number of nitrogens with one attached hydrogen (secondary N) is 1. The van der Waals surface area contributed by atoms with E-state index in [4.69, 9.17) is 16.9 Å². The van der Waals surface area contributed by atoms with E-state index < -0.39 is 0 Å². The normalized spacial score (nSPS) is 13.7. The summed E-state index contributed by atoms with van der Waals surface area (Å²) in [5.74, 6) is 0. The van der Waals surface area contributed by atoms with Crippen molar-refractivity contribution in [3.05, 3.63) is 71.8 Å². The minimum absolute atomic E-state index is 0.509. The van der Waals surface area contributed by atoms with Crippen molar-refractivity contribution in [2.45, 2.75) is 12.8 Å². The zero-order valence-corrected chi connectivity index (χ0v) is 12.3. The van der Waals surface area contributed by atoms with Crippen LogP contribution in [0.15, 0.2) is 66.3 Å². The molecule has 1 aliphatic carbocycles. The molecule has 0 bridgehead atoms. The molecule has 0 aromatic heterocycles. The molecule has 5 N–H and O–H groups in total. The van der Waals surface area contributed by atoms with Gasteiger partial charge in [-0.3, -0.25) is 5.41 Å². The smallest absolute Gasteiger partial charge is 0.0688 e. The maximum atomic E-state index is 8.55. The first-order valence-electron chi connectivity index (χ1n) is 7.36. The third-order valence-electron chi connectivity index (χ3n) is 3.82. The van der Waals surface area contributed by atoms with Crippen molar-refractivity contribution in [1.29, 1.82) is 5.41 Å². The standard InChI is InChI=1S/C19H19N3/c20-15-8-6-13(7-9-15)17-11-10-16(21)12-18(17)19(22)14-4-2-1-3-5-14/h2,4-12,22H,1,3,20-21H2. The Morgan fingerprint density at radius 2 is 1.64 bits per heavy atom. The van der Waals surface area contributed by atoms with Crippen molar-refractivity contribution in [1.82, 2.24) is 0 Å². The Hall–Kier alpha value is -2.81. The maximum absolute atomic E-state index is 8.55. The molecule has 0 spiro atoms. The van der Waals surface area contributed by atoms with Crippen LogP contribution in [0.1, 0.15) is 18.4 Å². The summed E-state index contributed by atoms with van der Waals surface area (Å²) in [6, 6.07) is 13.4. The molecule has 0 radical (unpaired) electrons. The lowest BCUT2D eigenvalue weighted by Gasteiger charge is -2.14. The molecule has 0 heterocycles. The average molecular weight is 289 g/mol. The van der Waals surface area contributed by atoms with Gasteiger partial charge in [-0.2, -0.15) is 0 Å². The van der Waals surface area contributed by atoms with E-state index in [0.717, 1.165) is 40.8 Å². The van der Waals surface area contributed by atoms with Gasteiger partial charge in [-0.1, -0.05) is 36.4 Å². The van der Waals surface area contributed by atoms with Crippen LogP contribution >= 0.6 is 0 Å². The van der Waals surface area contributed by atoms with Gasteiger partial charge >= 0.3 is 0 Å². The number of nitrogens with two attached hydrogens (primary N) is 2. The zero-order valence-electron chi connectivity index (χ0n) is 12.3. The Labute approximate surface area is 130 Å². The van der Waals surface area contributed by atoms with E-state index in [9.17, 15) is 0 Å². The lowest BCUT2D eigenvalue weighted by Crippen LogP contribution is -2.06. The van der Waals surface area contributed by atoms with Gasteiger partial charge in [0, 0.05) is 16.9 Å². The molecule has 3 heteroatoms. The summed E-state index contributed by atoms with van der Waals surface area (Å²) in [4.78, 5) is 0. The first kappa shape index (κ1) is 14.1. The molecule has 2 aromatic carbocycles. The predicted molar refractivity (Wildman–Crippen MR) is 94.0 cm³/mol. The van der Waals surface area contributed by atoms with Crippen LogP contribution in [-0.2, 0) is 0 Å². The fourth-order valence-electron chi connectivity index (χ4n) is 2.64. The number of rotatable bonds is 3. The summed E-state index contributed by atoms with van der Waals surface area (Å²) in [5, 5.41) is 8.55. The molecule has 0 unspecified atom stereocenters. The summed E-state index contributed by atoms with van der Waals surface area (Å²) < 4.78 is 0. The van der Waals surface area contributed by atoms with E-state index in [0.29, 0.717) is 11.4 Å². The lowest BCUT2D eigenvalue weighted by molar-refractivity contribution is 1.03. The summed E-state index contributed by atoms with van der Waals surface area (Å²) in [6.07, 6.45) is 8.26. The van der Waals surface area contributed by atoms with Crippen LogP contribution in [0.3, 0.4) is 0 Å². The molecule has 0 fully saturated rings. The Morgan fingerprint density at radius 3 is 2.32 bits per heavy atom. The van der Waals surface area contributed by atoms with E-state index in [1.807, 2.05) is 48.5 Å². The van der Waals surface area contributed by atoms with Crippen molar-refractivity contribution in [2.75, 3.05) is 11.5 Å². The highest BCUT2D eigenvalue weighted by Gasteiger charge is 2.13. The van der Waals surface area contributed by atoms with E-state index in [2.05, 4.69) is 12.2 Å². The second-order valence-electron chi connectivity index (χ2n) is 5.44. The largest absolute Gasteiger partial charge is 0.399 e. The SMILES string of the molecule is N=C(C1=CCCC=C1)c1cc(N)ccc1-c1ccc(N)cc1. The highest BCUT2D eigenvalue weighted by molar-refractivity contribution is 6.16. The summed E-state index contributed by atoms with van der Waals surface area (Å²) in [5.41, 5.74) is 17.4. The van der Waals surface area contributed by atoms with Gasteiger partial charge in [0.05, 0.1) is 5.71 Å². The predicted octanol–water partition coefficient (Wildman–Crippen LogP) is 4.16. The fourth-order valence-corrected chi connectivity index (χ4v) is 2.64. The van der Waals surface area contributed by atoms with Crippen molar-refractivity contribution < 1.29 is 0 Å². The molecule has 22 heavy (non-hydrogen) atoms. The van der Waals surface area contributed by atoms with E-state index in [1.165, 1.54) is 0 Å². The second-order valence-corrected chi connectivity index (χ2v) is 5.44. The van der Waals surface area contributed by atoms with Gasteiger partial charge < -0.3 is 11.5 Å². The maximum Gasteiger partial charge on any atom is 0.0688 e. The molecule has 0 saturated carbocycles. The number of nitrogen functional groups attached to an aromatic ring is 2. The molecule has 0 saturated heterocycles. The molecule has 1 aliphatic rings. The quantitative estimate of drug-likeness (QED) is 0.586. The highest BCUT2D eigenvalue weighted by Crippen LogP contribution is 2.29. The van der Waals surface area contributed by atoms with Crippen LogP contribution in [-0.4, -0.2) is 5.71 Å². The Bertz CT molecular complexity index is 768. The number of anilines is 2. The molecule has 2 aromatic rings. The van der Waals surface area contributed by atoms with Crippen LogP contribution in [0.2, 0.25) is 0 Å². The van der Waals surface area contributed by atoms with E-state index in [-0.39, 0.29) is 0 Å². The molecule has 3 rings (SSSR count). The Balaban J connectivity index is 2.08. The van der Waals surface area contributed by atoms with Crippen LogP contribution in [0.5, 0.6) is 0 Å². The van der Waals surface area contributed by atoms with E-state index >= 15 is 0 Å². The third kappa shape index (κ3) is 2.79. The van der Waals surface area contributed by atoms with Crippen molar-refractivity contribution in [3.8, 4) is 11.1 Å². The minimum atomic E-state index is 0.509. The number of allylic oxidation sites excluding steroid dienone is 4. The topological polar surface area (TPSA) is 75.9 Å². The van der Waals surface area contributed by atoms with E-state index in [1.54, 1.807) is 0 Å². The minimum Gasteiger partial charge on any atom is -0.399 e. The van der Waals surface area contributed by atoms with Gasteiger partial charge in [0.15, 0.2) is 0 Å². The Morgan fingerprint density at radius 1 is 0.909 bits per heavy atom. The second kappa shape index (κ2) is 5.90. The lowest BCUT2D eigenvalue weighted by atomic mass is 9.91. The van der Waals surface area contributed by atoms with Crippen LogP contribution in [0.4, 0.5) is 11.4 Å². The van der Waals surface area contributed by atoms with Gasteiger partial charge in [0.2, 0.25) is 0 Å². The van der Waals surface area contributed by atoms with Crippen LogP contribution < -0.4 is 11.5 Å². The first-order chi connectivity index (χ1) is 10.6. The van der Waals surface area contributed by atoms with Crippen molar-refractivity contribution in [2.24, 2.45) is 0 Å². The van der Waals surface area contributed by atoms with Gasteiger partial charge in [0.1, 0.15) is 0 Å². The molecule has 0 aliphatic heterocycles. The monoisotopic (exact) mass is 289 g/mol. The third-order valence-corrected chi connectivity index (χ3v) is 3.82. The molecule has 3 nitrogen and oxygen atoms in total. The summed E-state index contributed by atoms with van der Waals surface area (Å²) in [7, 11) is 0. The van der Waals surface area contributed by atoms with Crippen LogP contribution in [0.25, 0.3) is 11.1 Å². The fraction of sp³-hybridized carbons (Fsp3) is 0.105. The Kier molecular flexibility index (Phi) is 3.79. The van der Waals surface area contributed by atoms with Crippen molar-refractivity contribution >= 4 is 17.1 Å². The number of hydrogen-bond donors (Lipinski definition) is 3. The summed E-state index contributed by atoms with van der Waals surface area (Å²) in [6.45, 7) is 0. The van der Waals surface area contributed by atoms with Gasteiger partial charge in [-0.05, 0) is 53.8 Å². The van der Waals surface area contributed by atoms with Gasteiger partial charge in [-0.15, -0.1) is 0 Å². The van der Waals surface area contributed by atoms with Gasteiger partial charge in [0.25, 0.3) is 0 Å². The molecule has 110 valence electrons. The number of benzene rings is 2. The van der Waals surface area contributed by atoms with Crippen molar-refractivity contribution in [3.63, 3.8) is 0 Å². The molecule has 0 amide bonds. The zero-order chi connectivity index (χ0) is 15.5. The molecular weight excluding hydrogens is 270 g/mol. The average Bonchev–Trinajstić information content (AvgIpc) is 2.56. The first-order valence-corrected chi connectivity index (χ1v) is 7.36. The van der Waals surface area contributed by atoms with Crippen LogP contribution in [0, 0.1) is 5.41 Å². The van der Waals surface area contributed by atoms with Gasteiger partial charge in [-0.25, -0.2) is 0 Å². The molecule has 0 atom stereocenters.